The molecule has 0 fully saturated rings. The largest absolute Gasteiger partial charge is 0.496 e. The predicted octanol–water partition coefficient (Wildman–Crippen LogP) is 2.59. The van der Waals surface area contributed by atoms with Crippen molar-refractivity contribution in [2.75, 3.05) is 7.11 Å². The number of aryl methyl sites for hydroxylation is 1. The summed E-state index contributed by atoms with van der Waals surface area (Å²) in [6, 6.07) is 15.0. The number of rotatable bonds is 8. The minimum atomic E-state index is -2.27. The molecule has 0 aromatic heterocycles. The van der Waals surface area contributed by atoms with Gasteiger partial charge in [-0.15, -0.1) is 0 Å². The summed E-state index contributed by atoms with van der Waals surface area (Å²) in [7, 11) is 1.60. The molecule has 0 aliphatic rings. The summed E-state index contributed by atoms with van der Waals surface area (Å²) in [6.45, 7) is 0. The smallest absolute Gasteiger partial charge is 0.336 e. The monoisotopic (exact) mass is 344 g/mol. The lowest BCUT2D eigenvalue weighted by Crippen LogP contribution is -2.41. The molecule has 1 atom stereocenters. The first kappa shape index (κ1) is 18.5. The highest BCUT2D eigenvalue weighted by atomic mass is 16.5. The molecule has 1 unspecified atom stereocenters. The van der Waals surface area contributed by atoms with Crippen LogP contribution in [0.2, 0.25) is 0 Å². The van der Waals surface area contributed by atoms with Gasteiger partial charge in [-0.25, -0.2) is 4.79 Å². The maximum absolute atomic E-state index is 11.2. The van der Waals surface area contributed by atoms with Gasteiger partial charge < -0.3 is 20.1 Å². The molecule has 6 heteroatoms. The Morgan fingerprint density at radius 2 is 1.68 bits per heavy atom. The lowest BCUT2D eigenvalue weighted by atomic mass is 9.91. The summed E-state index contributed by atoms with van der Waals surface area (Å²) in [5.41, 5.74) is 0.418. The Morgan fingerprint density at radius 3 is 2.24 bits per heavy atom. The van der Waals surface area contributed by atoms with E-state index in [2.05, 4.69) is 0 Å². The highest BCUT2D eigenvalue weighted by molar-refractivity contribution is 5.83. The van der Waals surface area contributed by atoms with Crippen LogP contribution in [0, 0.1) is 0 Å². The number of carboxylic acids is 2. The van der Waals surface area contributed by atoms with Gasteiger partial charge in [-0.05, 0) is 30.0 Å². The van der Waals surface area contributed by atoms with Crippen LogP contribution in [0.5, 0.6) is 5.75 Å². The number of benzene rings is 2. The Morgan fingerprint density at radius 1 is 1.04 bits per heavy atom. The van der Waals surface area contributed by atoms with E-state index in [-0.39, 0.29) is 12.8 Å². The number of carbonyl (C=O) groups is 2. The van der Waals surface area contributed by atoms with Crippen molar-refractivity contribution in [1.29, 1.82) is 0 Å². The van der Waals surface area contributed by atoms with Crippen LogP contribution in [0.4, 0.5) is 0 Å². The van der Waals surface area contributed by atoms with Gasteiger partial charge in [-0.2, -0.15) is 0 Å². The summed E-state index contributed by atoms with van der Waals surface area (Å²) >= 11 is 0. The van der Waals surface area contributed by atoms with E-state index in [1.165, 1.54) is 0 Å². The van der Waals surface area contributed by atoms with Crippen LogP contribution in [0.25, 0.3) is 11.1 Å². The molecule has 6 nitrogen and oxygen atoms in total. The van der Waals surface area contributed by atoms with Crippen molar-refractivity contribution in [3.05, 3.63) is 54.1 Å². The van der Waals surface area contributed by atoms with Crippen LogP contribution in [-0.4, -0.2) is 40.0 Å². The zero-order valence-corrected chi connectivity index (χ0v) is 13.8. The first-order chi connectivity index (χ1) is 11.9. The van der Waals surface area contributed by atoms with E-state index in [4.69, 9.17) is 14.9 Å². The van der Waals surface area contributed by atoms with E-state index in [0.717, 1.165) is 22.4 Å². The predicted molar refractivity (Wildman–Crippen MR) is 91.6 cm³/mol. The van der Waals surface area contributed by atoms with Gasteiger partial charge in [0.05, 0.1) is 13.5 Å². The Bertz CT molecular complexity index is 753. The molecule has 0 aliphatic carbocycles. The first-order valence-corrected chi connectivity index (χ1v) is 7.75. The zero-order valence-electron chi connectivity index (χ0n) is 13.8. The molecule has 2 aromatic rings. The van der Waals surface area contributed by atoms with E-state index in [1.807, 2.05) is 48.5 Å². The second-order valence-corrected chi connectivity index (χ2v) is 5.80. The molecule has 0 amide bonds. The molecule has 2 aromatic carbocycles. The fourth-order valence-corrected chi connectivity index (χ4v) is 2.61. The van der Waals surface area contributed by atoms with Crippen LogP contribution < -0.4 is 4.74 Å². The third-order valence-corrected chi connectivity index (χ3v) is 4.04. The SMILES string of the molecule is COc1ccccc1-c1ccc(CCC(O)(CC(=O)O)C(=O)O)cc1. The molecule has 0 radical (unpaired) electrons. The molecule has 0 saturated heterocycles. The number of carboxylic acid groups (broad SMARTS) is 2. The lowest BCUT2D eigenvalue weighted by molar-refractivity contribution is -0.166. The quantitative estimate of drug-likeness (QED) is 0.680. The van der Waals surface area contributed by atoms with Crippen molar-refractivity contribution in [2.45, 2.75) is 24.9 Å². The van der Waals surface area contributed by atoms with Gasteiger partial charge in [0.15, 0.2) is 5.60 Å². The number of hydrogen-bond donors (Lipinski definition) is 3. The van der Waals surface area contributed by atoms with E-state index in [1.54, 1.807) is 7.11 Å². The van der Waals surface area contributed by atoms with Crippen molar-refractivity contribution in [3.8, 4) is 16.9 Å². The maximum Gasteiger partial charge on any atom is 0.336 e. The Kier molecular flexibility index (Phi) is 5.77. The fourth-order valence-electron chi connectivity index (χ4n) is 2.61. The zero-order chi connectivity index (χ0) is 18.4. The van der Waals surface area contributed by atoms with Crippen LogP contribution in [0.15, 0.2) is 48.5 Å². The topological polar surface area (TPSA) is 104 Å². The van der Waals surface area contributed by atoms with E-state index in [9.17, 15) is 14.7 Å². The van der Waals surface area contributed by atoms with Crippen molar-refractivity contribution in [2.24, 2.45) is 0 Å². The molecule has 0 aliphatic heterocycles. The standard InChI is InChI=1S/C19H20O6/c1-25-16-5-3-2-4-15(16)14-8-6-13(7-9-14)10-11-19(24,18(22)23)12-17(20)21/h2-9,24H,10-12H2,1H3,(H,20,21)(H,22,23). The number of aliphatic carboxylic acids is 2. The Labute approximate surface area is 145 Å². The molecular formula is C19H20O6. The van der Waals surface area contributed by atoms with Crippen molar-refractivity contribution in [3.63, 3.8) is 0 Å². The van der Waals surface area contributed by atoms with Crippen molar-refractivity contribution in [1.82, 2.24) is 0 Å². The van der Waals surface area contributed by atoms with E-state index < -0.39 is 24.0 Å². The summed E-state index contributed by atoms with van der Waals surface area (Å²) in [5.74, 6) is -2.13. The number of ether oxygens (including phenoxy) is 1. The van der Waals surface area contributed by atoms with Gasteiger partial charge in [0.1, 0.15) is 5.75 Å². The minimum Gasteiger partial charge on any atom is -0.496 e. The average molecular weight is 344 g/mol. The number of aliphatic hydroxyl groups is 1. The van der Waals surface area contributed by atoms with Gasteiger partial charge in [0, 0.05) is 5.56 Å². The van der Waals surface area contributed by atoms with Crippen molar-refractivity contribution >= 4 is 11.9 Å². The molecule has 0 saturated carbocycles. The molecule has 2 rings (SSSR count). The second kappa shape index (κ2) is 7.81. The molecule has 0 heterocycles. The lowest BCUT2D eigenvalue weighted by Gasteiger charge is -2.21. The van der Waals surface area contributed by atoms with Crippen LogP contribution >= 0.6 is 0 Å². The molecule has 132 valence electrons. The molecule has 25 heavy (non-hydrogen) atoms. The summed E-state index contributed by atoms with van der Waals surface area (Å²) in [4.78, 5) is 21.9. The number of methoxy groups -OCH3 is 1. The van der Waals surface area contributed by atoms with E-state index in [0.29, 0.717) is 0 Å². The minimum absolute atomic E-state index is 0.178. The molecule has 0 bridgehead atoms. The summed E-state index contributed by atoms with van der Waals surface area (Å²) in [6.07, 6.45) is -0.757. The highest BCUT2D eigenvalue weighted by Crippen LogP contribution is 2.30. The summed E-state index contributed by atoms with van der Waals surface area (Å²) < 4.78 is 5.33. The van der Waals surface area contributed by atoms with Gasteiger partial charge in [0.25, 0.3) is 0 Å². The first-order valence-electron chi connectivity index (χ1n) is 7.75. The molecule has 3 N–H and O–H groups in total. The third kappa shape index (κ3) is 4.58. The van der Waals surface area contributed by atoms with Crippen LogP contribution in [0.1, 0.15) is 18.4 Å². The normalized spacial score (nSPS) is 13.0. The van der Waals surface area contributed by atoms with Gasteiger partial charge in [0.2, 0.25) is 0 Å². The van der Waals surface area contributed by atoms with Gasteiger partial charge in [-0.3, -0.25) is 4.79 Å². The maximum atomic E-state index is 11.2. The van der Waals surface area contributed by atoms with Gasteiger partial charge in [-0.1, -0.05) is 42.5 Å². The Hall–Kier alpha value is -2.86. The van der Waals surface area contributed by atoms with Crippen LogP contribution in [-0.2, 0) is 16.0 Å². The van der Waals surface area contributed by atoms with Crippen LogP contribution in [0.3, 0.4) is 0 Å². The molecule has 0 spiro atoms. The van der Waals surface area contributed by atoms with Gasteiger partial charge >= 0.3 is 11.9 Å². The third-order valence-electron chi connectivity index (χ3n) is 4.04. The number of para-hydroxylation sites is 1. The molecular weight excluding hydrogens is 324 g/mol. The second-order valence-electron chi connectivity index (χ2n) is 5.80. The van der Waals surface area contributed by atoms with E-state index >= 15 is 0 Å². The number of hydrogen-bond acceptors (Lipinski definition) is 4. The Balaban J connectivity index is 2.12. The highest BCUT2D eigenvalue weighted by Gasteiger charge is 2.38. The average Bonchev–Trinajstić information content (AvgIpc) is 2.59. The summed E-state index contributed by atoms with van der Waals surface area (Å²) in [5, 5.41) is 27.9. The van der Waals surface area contributed by atoms with Crippen molar-refractivity contribution < 1.29 is 29.6 Å². The fraction of sp³-hybridized carbons (Fsp3) is 0.263.